The monoisotopic (exact) mass is 676 g/mol. The highest BCUT2D eigenvalue weighted by Crippen LogP contribution is 2.44. The molecule has 5 rings (SSSR count). The zero-order valence-electron chi connectivity index (χ0n) is 32.3. The van der Waals surface area contributed by atoms with Gasteiger partial charge in [-0.3, -0.25) is 4.79 Å². The van der Waals surface area contributed by atoms with Gasteiger partial charge in [0.1, 0.15) is 36.1 Å². The number of fused-ring (bicyclic) bond motifs is 2. The molecule has 1 aromatic carbocycles. The first kappa shape index (κ1) is 36.9. The lowest BCUT2D eigenvalue weighted by atomic mass is 9.81. The number of nitrogens with one attached hydrogen (secondary N) is 1. The summed E-state index contributed by atoms with van der Waals surface area (Å²) in [6.07, 6.45) is 8.32. The lowest BCUT2D eigenvalue weighted by Gasteiger charge is -2.31. The fourth-order valence-electron chi connectivity index (χ4n) is 6.57. The highest BCUT2D eigenvalue weighted by molar-refractivity contribution is 6.24. The van der Waals surface area contributed by atoms with Crippen LogP contribution >= 0.6 is 0 Å². The number of hydrogen-bond acceptors (Lipinski definition) is 5. The van der Waals surface area contributed by atoms with Crippen LogP contribution in [0.3, 0.4) is 0 Å². The summed E-state index contributed by atoms with van der Waals surface area (Å²) in [5.41, 5.74) is 7.00. The standard InChI is InChI=1S/C44H57N3O3/c1-12-17-22-45-41-35(23-29-25-39(43(6,7)8)49-37-27-31(18-20-33(29)37)46(13-2)14-3)42(48)36(41)24-30-26-40(44(9,10)11)50-38-28-32(19-21-34(30)38)47(15-4)16-5/h18-21,23-28H,12-17,22H2,1-11H3/p+1. The number of ether oxygens (including phenoxy) is 1. The Morgan fingerprint density at radius 1 is 0.840 bits per heavy atom. The number of allylic oxidation sites excluding steroid dienone is 6. The highest BCUT2D eigenvalue weighted by atomic mass is 16.5. The van der Waals surface area contributed by atoms with Crippen LogP contribution in [0.25, 0.3) is 23.0 Å². The summed E-state index contributed by atoms with van der Waals surface area (Å²) in [4.78, 5) is 16.6. The molecule has 0 amide bonds. The van der Waals surface area contributed by atoms with E-state index in [0.29, 0.717) is 11.1 Å². The molecular weight excluding hydrogens is 619 g/mol. The second-order valence-corrected chi connectivity index (χ2v) is 15.4. The van der Waals surface area contributed by atoms with Crippen LogP contribution in [0.1, 0.15) is 106 Å². The van der Waals surface area contributed by atoms with Gasteiger partial charge in [0, 0.05) is 70.6 Å². The first-order chi connectivity index (χ1) is 23.7. The summed E-state index contributed by atoms with van der Waals surface area (Å²) < 4.78 is 15.4. The van der Waals surface area contributed by atoms with E-state index in [1.807, 2.05) is 0 Å². The molecule has 0 fully saturated rings. The van der Waals surface area contributed by atoms with E-state index in [9.17, 15) is 4.79 Å². The van der Waals surface area contributed by atoms with E-state index in [1.165, 1.54) is 0 Å². The lowest BCUT2D eigenvalue weighted by molar-refractivity contribution is -0.112. The van der Waals surface area contributed by atoms with Crippen LogP contribution in [0.5, 0.6) is 5.75 Å². The molecule has 1 aromatic rings. The maximum absolute atomic E-state index is 14.2. The third kappa shape index (κ3) is 7.55. The average Bonchev–Trinajstić information content (AvgIpc) is 3.08. The van der Waals surface area contributed by atoms with Gasteiger partial charge in [-0.2, -0.15) is 0 Å². The number of rotatable bonds is 11. The Hall–Kier alpha value is -4.32. The SMILES string of the molecule is CCCCNC1=C(/C=C2\C=C(C(C)(C)C)Oc3cc(N(CC)CC)ccc32)C(=O)/C1=C/c1cc(C(C)(C)C)oc2cc(=[N+](CC)CC)ccc1-2. The molecule has 6 heteroatoms. The van der Waals surface area contributed by atoms with Gasteiger partial charge in [0.25, 0.3) is 0 Å². The molecule has 50 heavy (non-hydrogen) atoms. The van der Waals surface area contributed by atoms with Crippen LogP contribution in [0, 0.1) is 5.41 Å². The van der Waals surface area contributed by atoms with Crippen molar-refractivity contribution >= 4 is 23.1 Å². The van der Waals surface area contributed by atoms with Gasteiger partial charge in [0.05, 0.1) is 11.8 Å². The third-order valence-corrected chi connectivity index (χ3v) is 9.76. The molecule has 0 aromatic heterocycles. The predicted molar refractivity (Wildman–Crippen MR) is 209 cm³/mol. The number of hydrogen-bond donors (Lipinski definition) is 1. The second kappa shape index (κ2) is 14.9. The summed E-state index contributed by atoms with van der Waals surface area (Å²) in [5.74, 6) is 3.47. The Labute approximate surface area is 300 Å². The van der Waals surface area contributed by atoms with Gasteiger partial charge in [-0.1, -0.05) is 54.9 Å². The largest absolute Gasteiger partial charge is 0.460 e. The molecule has 1 N–H and O–H groups in total. The Morgan fingerprint density at radius 2 is 1.54 bits per heavy atom. The van der Waals surface area contributed by atoms with Gasteiger partial charge in [0.15, 0.2) is 5.78 Å². The minimum atomic E-state index is -0.206. The Kier molecular flexibility index (Phi) is 11.0. The number of ketones is 1. The van der Waals surface area contributed by atoms with Crippen LogP contribution < -0.4 is 24.9 Å². The van der Waals surface area contributed by atoms with E-state index in [-0.39, 0.29) is 16.6 Å². The van der Waals surface area contributed by atoms with Crippen molar-refractivity contribution in [2.45, 2.75) is 94.4 Å². The van der Waals surface area contributed by atoms with E-state index >= 15 is 0 Å². The van der Waals surface area contributed by atoms with E-state index < -0.39 is 0 Å². The number of anilines is 1. The lowest BCUT2D eigenvalue weighted by Crippen LogP contribution is -2.32. The van der Waals surface area contributed by atoms with E-state index in [0.717, 1.165) is 108 Å². The Balaban J connectivity index is 1.69. The summed E-state index contributed by atoms with van der Waals surface area (Å²) in [6.45, 7) is 28.3. The highest BCUT2D eigenvalue weighted by Gasteiger charge is 2.35. The fraction of sp³-hybridized carbons (Fsp3) is 0.455. The summed E-state index contributed by atoms with van der Waals surface area (Å²) in [7, 11) is 0. The molecular formula is C44H58N3O3+. The Bertz CT molecular complexity index is 1910. The van der Waals surface area contributed by atoms with Crippen molar-refractivity contribution in [3.8, 4) is 17.1 Å². The molecule has 2 aliphatic carbocycles. The van der Waals surface area contributed by atoms with Crippen LogP contribution in [-0.2, 0) is 10.2 Å². The maximum atomic E-state index is 14.2. The number of benzene rings is 2. The number of carbonyl (C=O) groups is 1. The van der Waals surface area contributed by atoms with Gasteiger partial charge < -0.3 is 19.4 Å². The molecule has 0 bridgehead atoms. The van der Waals surface area contributed by atoms with Gasteiger partial charge in [0.2, 0.25) is 5.36 Å². The van der Waals surface area contributed by atoms with Crippen LogP contribution in [0.4, 0.5) is 5.69 Å². The molecule has 6 nitrogen and oxygen atoms in total. The minimum Gasteiger partial charge on any atom is -0.460 e. The van der Waals surface area contributed by atoms with Crippen LogP contribution in [0.2, 0.25) is 0 Å². The van der Waals surface area contributed by atoms with Gasteiger partial charge >= 0.3 is 0 Å². The average molecular weight is 677 g/mol. The number of Topliss-reactive ketones (excluding diaryl/α,β-unsaturated/α-hetero) is 1. The van der Waals surface area contributed by atoms with Crippen molar-refractivity contribution < 1.29 is 13.9 Å². The Morgan fingerprint density at radius 3 is 2.16 bits per heavy atom. The topological polar surface area (TPSA) is 57.7 Å². The van der Waals surface area contributed by atoms with Crippen molar-refractivity contribution in [3.63, 3.8) is 0 Å². The zero-order chi connectivity index (χ0) is 36.4. The van der Waals surface area contributed by atoms with Crippen molar-refractivity contribution in [3.05, 3.63) is 99.5 Å². The van der Waals surface area contributed by atoms with Crippen molar-refractivity contribution in [2.75, 3.05) is 37.6 Å². The number of nitrogens with zero attached hydrogens (tertiary/aromatic N) is 2. The smallest absolute Gasteiger partial charge is 0.203 e. The molecule has 0 unspecified atom stereocenters. The van der Waals surface area contributed by atoms with Gasteiger partial charge in [-0.05, 0) is 87.7 Å². The van der Waals surface area contributed by atoms with E-state index in [4.69, 9.17) is 9.15 Å². The molecule has 2 aliphatic heterocycles. The van der Waals surface area contributed by atoms with E-state index in [2.05, 4.69) is 152 Å². The maximum Gasteiger partial charge on any atom is 0.203 e. The van der Waals surface area contributed by atoms with Crippen molar-refractivity contribution in [1.82, 2.24) is 9.89 Å². The summed E-state index contributed by atoms with van der Waals surface area (Å²) >= 11 is 0. The quantitative estimate of drug-likeness (QED) is 0.125. The number of carbonyl (C=O) groups excluding carboxylic acids is 1. The van der Waals surface area contributed by atoms with Crippen LogP contribution in [0.15, 0.2) is 81.6 Å². The zero-order valence-corrected chi connectivity index (χ0v) is 32.3. The first-order valence-corrected chi connectivity index (χ1v) is 18.7. The molecule has 0 saturated carbocycles. The second-order valence-electron chi connectivity index (χ2n) is 15.4. The normalized spacial score (nSPS) is 16.4. The molecule has 266 valence electrons. The molecule has 2 heterocycles. The molecule has 0 saturated heterocycles. The third-order valence-electron chi connectivity index (χ3n) is 9.76. The van der Waals surface area contributed by atoms with Gasteiger partial charge in [-0.15, -0.1) is 0 Å². The molecule has 0 spiro atoms. The summed E-state index contributed by atoms with van der Waals surface area (Å²) in [5, 5.41) is 4.79. The van der Waals surface area contributed by atoms with Crippen LogP contribution in [-0.4, -0.2) is 38.5 Å². The van der Waals surface area contributed by atoms with Crippen molar-refractivity contribution in [1.29, 1.82) is 0 Å². The minimum absolute atomic E-state index is 0.0426. The van der Waals surface area contributed by atoms with Crippen molar-refractivity contribution in [2.24, 2.45) is 5.41 Å². The predicted octanol–water partition coefficient (Wildman–Crippen LogP) is 9.36. The first-order valence-electron chi connectivity index (χ1n) is 18.7. The molecule has 0 radical (unpaired) electrons. The fourth-order valence-corrected chi connectivity index (χ4v) is 6.57. The molecule has 4 aliphatic rings. The summed E-state index contributed by atoms with van der Waals surface area (Å²) in [6, 6.07) is 15.0. The van der Waals surface area contributed by atoms with Gasteiger partial charge in [-0.25, -0.2) is 4.58 Å². The molecule has 0 atom stereocenters. The number of unbranched alkanes of at least 4 members (excludes halogenated alkanes) is 1. The van der Waals surface area contributed by atoms with E-state index in [1.54, 1.807) is 0 Å².